The molecule has 0 aliphatic carbocycles. The van der Waals surface area contributed by atoms with Crippen molar-refractivity contribution >= 4 is 129 Å². The lowest BCUT2D eigenvalue weighted by atomic mass is 10.0. The van der Waals surface area contributed by atoms with Gasteiger partial charge in [-0.3, -0.25) is 43.7 Å². The van der Waals surface area contributed by atoms with E-state index in [9.17, 15) is 48.8 Å². The number of nitrogens with two attached hydrogens (primary N) is 1. The summed E-state index contributed by atoms with van der Waals surface area (Å²) in [6, 6.07) is 26.8. The van der Waals surface area contributed by atoms with Crippen molar-refractivity contribution in [1.82, 2.24) is 5.16 Å². The van der Waals surface area contributed by atoms with E-state index in [-0.39, 0.29) is 58.2 Å². The van der Waals surface area contributed by atoms with Crippen LogP contribution >= 0.6 is 47.8 Å². The number of phenols is 3. The molecule has 0 saturated carbocycles. The summed E-state index contributed by atoms with van der Waals surface area (Å²) in [6.45, 7) is 15.6. The number of aromatic nitrogens is 1. The number of aromatic hydroxyl groups is 3. The van der Waals surface area contributed by atoms with Gasteiger partial charge in [-0.2, -0.15) is 0 Å². The van der Waals surface area contributed by atoms with Crippen molar-refractivity contribution in [2.75, 3.05) is 108 Å². The number of nitrogens with one attached hydrogen (secondary N) is 3. The number of nitrogen functional groups attached to an aromatic ring is 1. The average molecular weight is 1680 g/mol. The highest BCUT2D eigenvalue weighted by molar-refractivity contribution is 9.11. The van der Waals surface area contributed by atoms with Gasteiger partial charge in [-0.25, -0.2) is 0 Å². The number of methoxy groups -OCH3 is 7. The fourth-order valence-corrected chi connectivity index (χ4v) is 10.8. The van der Waals surface area contributed by atoms with Crippen molar-refractivity contribution < 1.29 is 110 Å². The molecule has 3 heterocycles. The summed E-state index contributed by atoms with van der Waals surface area (Å²) in [7, 11) is 10.7. The van der Waals surface area contributed by atoms with Crippen molar-refractivity contribution in [2.45, 2.75) is 62.3 Å². The highest BCUT2D eigenvalue weighted by atomic mass is 79.9. The first kappa shape index (κ1) is 87.7. The number of carbonyl (C=O) groups is 7. The van der Waals surface area contributed by atoms with Crippen molar-refractivity contribution in [3.63, 3.8) is 0 Å². The van der Waals surface area contributed by atoms with Crippen LogP contribution in [0.25, 0.3) is 11.1 Å². The minimum atomic E-state index is -0.669. The molecule has 0 atom stereocenters. The predicted octanol–water partition coefficient (Wildman–Crippen LogP) is 13.2. The SMILES string of the molecule is COc1cc(NC(C)=O)c(O)cc1Br.COc1cc(NC(C)=O)c(OC(C)=O)cc1Br.COc1cc2c(cc1-c1c(C)noc1C)OCCN2C(C)=O.COc1cc2c(cc1Br)OCCN2C(C)=O.COc1ccc(O)c(N)c1.COc1ccc(O)c([N+](=O)[O-])c1.COc1ccc(OC(C)=O)c(NC(C)=O)c1. The molecule has 0 fully saturated rings. The van der Waals surface area contributed by atoms with Gasteiger partial charge in [0.2, 0.25) is 29.5 Å². The Hall–Kier alpha value is -11.7. The second kappa shape index (κ2) is 42.3. The van der Waals surface area contributed by atoms with Crippen molar-refractivity contribution in [3.8, 4) is 91.6 Å². The van der Waals surface area contributed by atoms with Crippen LogP contribution in [0.2, 0.25) is 0 Å². The third kappa shape index (κ3) is 26.4. The number of ether oxygens (including phenoxy) is 11. The van der Waals surface area contributed by atoms with Crippen molar-refractivity contribution in [3.05, 3.63) is 138 Å². The van der Waals surface area contributed by atoms with Gasteiger partial charge in [0.05, 0.1) is 133 Å². The van der Waals surface area contributed by atoms with E-state index < -0.39 is 16.9 Å². The number of halogens is 3. The molecule has 35 heteroatoms. The number of nitro benzene ring substituents is 1. The lowest BCUT2D eigenvalue weighted by molar-refractivity contribution is -0.385. The van der Waals surface area contributed by atoms with Crippen molar-refractivity contribution in [1.29, 1.82) is 0 Å². The van der Waals surface area contributed by atoms with E-state index in [1.165, 1.54) is 87.3 Å². The number of aryl methyl sites for hydroxylation is 2. The number of nitrogens with zero attached hydrogens (tertiary/aromatic N) is 4. The largest absolute Gasteiger partial charge is 0.506 e. The topological polar surface area (TPSA) is 419 Å². The molecule has 1 aromatic heterocycles. The number of nitro groups is 1. The smallest absolute Gasteiger partial charge is 0.314 e. The second-order valence-corrected chi connectivity index (χ2v) is 24.4. The van der Waals surface area contributed by atoms with Gasteiger partial charge in [0.25, 0.3) is 0 Å². The fraction of sp³-hybridized carbons (Fsp3) is 0.278. The summed E-state index contributed by atoms with van der Waals surface area (Å²) in [5, 5.41) is 49.3. The standard InChI is InChI=1S/C16H18N2O4.C11H12BrNO4.C11H12BrNO3.C11H13NO4.C9H10BrNO3.C7H7NO4.C7H9NO2/c1-9-16(10(2)22-17-9)12-7-15-13(8-14(12)20-4)18(11(3)19)5-6-21-15;1-6(14)13-9-5-10(16-3)8(12)4-11(9)17-7(2)15;1-7(14)13-3-4-16-11-5-8(12)10(15-2)6-9(11)13;1-7(13)12-10-6-9(15-3)4-5-11(10)16-8(2)14;1-5(12)11-7-4-9(14-2)6(10)3-8(7)13;1-12-5-2-3-7(9)6(4-5)8(10)11;1-10-5-2-3-7(9)6(8)4-5/h7-8H,5-6H2,1-4H3;4-5H,1-3H3,(H,13,14);5-6H,3-4H2,1-2H3;4-6H,1-3H3,(H,12,13);3-4,13H,1-2H3,(H,11,12);2-4,9H,1H3;2-4,9H,8H2,1H3. The highest BCUT2D eigenvalue weighted by Crippen LogP contribution is 2.45. The van der Waals surface area contributed by atoms with E-state index in [1.54, 1.807) is 99.6 Å². The van der Waals surface area contributed by atoms with Gasteiger partial charge in [0.15, 0.2) is 17.2 Å². The van der Waals surface area contributed by atoms with Crippen LogP contribution in [0.3, 0.4) is 0 Å². The van der Waals surface area contributed by atoms with Crippen LogP contribution in [-0.4, -0.2) is 143 Å². The van der Waals surface area contributed by atoms with Crippen LogP contribution in [-0.2, 0) is 33.6 Å². The molecule has 0 spiro atoms. The lowest BCUT2D eigenvalue weighted by Gasteiger charge is -2.29. The summed E-state index contributed by atoms with van der Waals surface area (Å²) >= 11 is 9.86. The zero-order valence-corrected chi connectivity index (χ0v) is 65.8. The Morgan fingerprint density at radius 1 is 0.495 bits per heavy atom. The Morgan fingerprint density at radius 2 is 0.916 bits per heavy atom. The number of hydrogen-bond donors (Lipinski definition) is 7. The lowest BCUT2D eigenvalue weighted by Crippen LogP contribution is -2.36. The molecule has 5 amide bonds. The van der Waals surface area contributed by atoms with Crippen molar-refractivity contribution in [2.24, 2.45) is 0 Å². The molecule has 7 aromatic carbocycles. The molecule has 32 nitrogen and oxygen atoms in total. The molecular formula is C72H81Br3N8O24. The quantitative estimate of drug-likeness (QED) is 0.0133. The van der Waals surface area contributed by atoms with E-state index in [2.05, 4.69) is 68.9 Å². The first-order valence-electron chi connectivity index (χ1n) is 31.4. The molecule has 0 bridgehead atoms. The number of benzene rings is 7. The molecule has 0 saturated heterocycles. The zero-order chi connectivity index (χ0) is 80.1. The molecule has 10 rings (SSSR count). The van der Waals surface area contributed by atoms with Crippen LogP contribution in [0.1, 0.15) is 59.9 Å². The van der Waals surface area contributed by atoms with Crippen LogP contribution in [0.15, 0.2) is 121 Å². The number of rotatable bonds is 14. The number of phenolic OH excluding ortho intramolecular Hbond substituents is 3. The van der Waals surface area contributed by atoms with Gasteiger partial charge in [0.1, 0.15) is 82.2 Å². The minimum Gasteiger partial charge on any atom is -0.506 e. The number of carbonyl (C=O) groups excluding carboxylic acids is 7. The summed E-state index contributed by atoms with van der Waals surface area (Å²) in [6.07, 6.45) is 0. The zero-order valence-electron chi connectivity index (χ0n) is 61.1. The Bertz CT molecular complexity index is 4480. The van der Waals surface area contributed by atoms with Crippen LogP contribution < -0.4 is 83.6 Å². The Kier molecular flexibility index (Phi) is 34.7. The molecule has 2 aliphatic heterocycles. The predicted molar refractivity (Wildman–Crippen MR) is 408 cm³/mol. The van der Waals surface area contributed by atoms with Gasteiger partial charge in [-0.1, -0.05) is 5.16 Å². The summed E-state index contributed by atoms with van der Waals surface area (Å²) in [4.78, 5) is 90.8. The summed E-state index contributed by atoms with van der Waals surface area (Å²) in [5.74, 6) is 4.68. The maximum atomic E-state index is 11.8. The van der Waals surface area contributed by atoms with E-state index in [0.29, 0.717) is 115 Å². The molecule has 0 radical (unpaired) electrons. The van der Waals surface area contributed by atoms with Crippen LogP contribution in [0.5, 0.6) is 80.5 Å². The van der Waals surface area contributed by atoms with Gasteiger partial charge in [-0.15, -0.1) is 0 Å². The Labute approximate surface area is 640 Å². The molecule has 8 N–H and O–H groups in total. The number of esters is 2. The van der Waals surface area contributed by atoms with E-state index in [0.717, 1.165) is 44.5 Å². The monoisotopic (exact) mass is 1680 g/mol. The fourth-order valence-electron chi connectivity index (χ4n) is 9.31. The van der Waals surface area contributed by atoms with E-state index >= 15 is 0 Å². The maximum Gasteiger partial charge on any atom is 0.314 e. The molecule has 8 aromatic rings. The normalized spacial score (nSPS) is 11.0. The third-order valence-electron chi connectivity index (χ3n) is 14.1. The van der Waals surface area contributed by atoms with E-state index in [1.807, 2.05) is 32.0 Å². The Morgan fingerprint density at radius 3 is 1.37 bits per heavy atom. The minimum absolute atomic E-state index is 0.00660. The Balaban J connectivity index is 0.000000267. The highest BCUT2D eigenvalue weighted by Gasteiger charge is 2.27. The summed E-state index contributed by atoms with van der Waals surface area (Å²) < 4.78 is 63.9. The van der Waals surface area contributed by atoms with Gasteiger partial charge in [-0.05, 0) is 110 Å². The number of anilines is 6. The number of amides is 5. The molecule has 2 aliphatic rings. The van der Waals surface area contributed by atoms with Gasteiger partial charge < -0.3 is 103 Å². The van der Waals surface area contributed by atoms with Gasteiger partial charge in [0, 0.05) is 103 Å². The van der Waals surface area contributed by atoms with Gasteiger partial charge >= 0.3 is 17.6 Å². The third-order valence-corrected chi connectivity index (χ3v) is 15.9. The maximum absolute atomic E-state index is 11.8. The molecular weight excluding hydrogens is 1600 g/mol. The first-order valence-corrected chi connectivity index (χ1v) is 33.7. The van der Waals surface area contributed by atoms with Crippen LogP contribution in [0.4, 0.5) is 39.8 Å². The number of fused-ring (bicyclic) bond motifs is 2. The molecule has 0 unspecified atom stereocenters. The molecule has 574 valence electrons. The summed E-state index contributed by atoms with van der Waals surface area (Å²) in [5.41, 5.74) is 10.5. The average Bonchev–Trinajstić information content (AvgIpc) is 1.75. The van der Waals surface area contributed by atoms with E-state index in [4.69, 9.17) is 72.6 Å². The first-order chi connectivity index (χ1) is 50.5. The number of hydrogen-bond acceptors (Lipinski definition) is 26. The second-order valence-electron chi connectivity index (χ2n) is 21.8. The molecule has 107 heavy (non-hydrogen) atoms. The van der Waals surface area contributed by atoms with Crippen LogP contribution in [0, 0.1) is 24.0 Å².